The summed E-state index contributed by atoms with van der Waals surface area (Å²) < 4.78 is 26.1. The van der Waals surface area contributed by atoms with Gasteiger partial charge in [0.2, 0.25) is 5.91 Å². The van der Waals surface area contributed by atoms with E-state index in [1.165, 1.54) is 15.8 Å². The molecule has 0 spiro atoms. The van der Waals surface area contributed by atoms with E-state index in [-0.39, 0.29) is 15.7 Å². The number of hydrogen-bond donors (Lipinski definition) is 2. The Morgan fingerprint density at radius 3 is 2.78 bits per heavy atom. The highest BCUT2D eigenvalue weighted by molar-refractivity contribution is 7.91. The molecule has 1 aliphatic heterocycles. The fraction of sp³-hybridized carbons (Fsp3) is 0.500. The van der Waals surface area contributed by atoms with Gasteiger partial charge < -0.3 is 11.5 Å². The largest absolute Gasteiger partial charge is 0.366 e. The van der Waals surface area contributed by atoms with Crippen molar-refractivity contribution < 1.29 is 13.2 Å². The van der Waals surface area contributed by atoms with Gasteiger partial charge >= 0.3 is 0 Å². The summed E-state index contributed by atoms with van der Waals surface area (Å²) in [6.07, 6.45) is 0.782. The minimum absolute atomic E-state index is 0.161. The van der Waals surface area contributed by atoms with E-state index in [4.69, 9.17) is 11.5 Å². The summed E-state index contributed by atoms with van der Waals surface area (Å²) in [5.74, 6) is -0.399. The molecule has 1 saturated heterocycles. The number of sulfonamides is 1. The molecule has 1 atom stereocenters. The van der Waals surface area contributed by atoms with Crippen LogP contribution in [0.15, 0.2) is 15.7 Å². The van der Waals surface area contributed by atoms with E-state index >= 15 is 0 Å². The lowest BCUT2D eigenvalue weighted by molar-refractivity contribution is 0.100. The molecule has 2 heterocycles. The zero-order valence-corrected chi connectivity index (χ0v) is 11.3. The molecule has 8 heteroatoms. The molecule has 18 heavy (non-hydrogen) atoms. The topological polar surface area (TPSA) is 106 Å². The highest BCUT2D eigenvalue weighted by Gasteiger charge is 2.33. The third kappa shape index (κ3) is 2.41. The summed E-state index contributed by atoms with van der Waals surface area (Å²) in [6.45, 7) is 1.42. The van der Waals surface area contributed by atoms with Crippen LogP contribution in [0.4, 0.5) is 0 Å². The van der Waals surface area contributed by atoms with Crippen LogP contribution in [0.25, 0.3) is 0 Å². The van der Waals surface area contributed by atoms with Crippen molar-refractivity contribution in [1.82, 2.24) is 4.31 Å². The SMILES string of the molecule is NC[C@H]1CCN(S(=O)(=O)c2cc(C(N)=O)cs2)C1. The first-order valence-corrected chi connectivity index (χ1v) is 7.85. The van der Waals surface area contributed by atoms with Gasteiger partial charge in [0.1, 0.15) is 4.21 Å². The molecule has 0 radical (unpaired) electrons. The summed E-state index contributed by atoms with van der Waals surface area (Å²) in [7, 11) is -3.51. The highest BCUT2D eigenvalue weighted by atomic mass is 32.2. The third-order valence-corrected chi connectivity index (χ3v) is 6.32. The summed E-state index contributed by atoms with van der Waals surface area (Å²) >= 11 is 1.02. The zero-order valence-electron chi connectivity index (χ0n) is 9.70. The first-order chi connectivity index (χ1) is 8.45. The van der Waals surface area contributed by atoms with Gasteiger partial charge in [-0.1, -0.05) is 0 Å². The Balaban J connectivity index is 2.23. The maximum absolute atomic E-state index is 12.3. The second-order valence-corrected chi connectivity index (χ2v) is 7.35. The standard InChI is InChI=1S/C10H15N3O3S2/c11-4-7-1-2-13(5-7)18(15,16)9-3-8(6-17-9)10(12)14/h3,6-7H,1-2,4-5,11H2,(H2,12,14)/t7-/m1/s1. The molecular weight excluding hydrogens is 274 g/mol. The van der Waals surface area contributed by atoms with Crippen molar-refractivity contribution in [3.63, 3.8) is 0 Å². The second-order valence-electron chi connectivity index (χ2n) is 4.27. The fourth-order valence-electron chi connectivity index (χ4n) is 1.92. The van der Waals surface area contributed by atoms with Gasteiger partial charge in [-0.15, -0.1) is 11.3 Å². The average Bonchev–Trinajstić information content (AvgIpc) is 2.98. The van der Waals surface area contributed by atoms with E-state index in [0.717, 1.165) is 17.8 Å². The van der Waals surface area contributed by atoms with Crippen molar-refractivity contribution in [1.29, 1.82) is 0 Å². The number of nitrogens with two attached hydrogens (primary N) is 2. The number of carbonyl (C=O) groups is 1. The molecule has 100 valence electrons. The van der Waals surface area contributed by atoms with E-state index in [2.05, 4.69) is 0 Å². The Kier molecular flexibility index (Phi) is 3.71. The van der Waals surface area contributed by atoms with Crippen LogP contribution < -0.4 is 11.5 Å². The molecule has 0 aliphatic carbocycles. The van der Waals surface area contributed by atoms with Crippen molar-refractivity contribution in [3.05, 3.63) is 17.0 Å². The number of thiophene rings is 1. The third-order valence-electron chi connectivity index (χ3n) is 3.04. The van der Waals surface area contributed by atoms with Gasteiger partial charge in [-0.25, -0.2) is 8.42 Å². The normalized spacial score (nSPS) is 21.3. The lowest BCUT2D eigenvalue weighted by Gasteiger charge is -2.14. The maximum atomic E-state index is 12.3. The van der Waals surface area contributed by atoms with Crippen LogP contribution >= 0.6 is 11.3 Å². The minimum Gasteiger partial charge on any atom is -0.366 e. The summed E-state index contributed by atoms with van der Waals surface area (Å²) in [5.41, 5.74) is 10.9. The van der Waals surface area contributed by atoms with Crippen LogP contribution in [0.1, 0.15) is 16.8 Å². The van der Waals surface area contributed by atoms with Crippen molar-refractivity contribution in [2.24, 2.45) is 17.4 Å². The number of amides is 1. The molecule has 0 aromatic carbocycles. The van der Waals surface area contributed by atoms with Crippen LogP contribution in [0.3, 0.4) is 0 Å². The van der Waals surface area contributed by atoms with Gasteiger partial charge in [-0.05, 0) is 24.9 Å². The van der Waals surface area contributed by atoms with Crippen LogP contribution in [-0.2, 0) is 10.0 Å². The number of hydrogen-bond acceptors (Lipinski definition) is 5. The van der Waals surface area contributed by atoms with E-state index < -0.39 is 15.9 Å². The van der Waals surface area contributed by atoms with E-state index in [9.17, 15) is 13.2 Å². The van der Waals surface area contributed by atoms with Gasteiger partial charge in [0, 0.05) is 18.5 Å². The molecule has 1 aromatic rings. The van der Waals surface area contributed by atoms with Gasteiger partial charge in [-0.3, -0.25) is 4.79 Å². The monoisotopic (exact) mass is 289 g/mol. The Bertz CT molecular complexity index is 552. The molecule has 1 fully saturated rings. The molecule has 4 N–H and O–H groups in total. The molecule has 1 aliphatic rings. The van der Waals surface area contributed by atoms with Gasteiger partial charge in [0.05, 0.1) is 5.56 Å². The quantitative estimate of drug-likeness (QED) is 0.801. The zero-order chi connectivity index (χ0) is 13.3. The second kappa shape index (κ2) is 4.96. The van der Waals surface area contributed by atoms with Gasteiger partial charge in [-0.2, -0.15) is 4.31 Å². The Labute approximate surface area is 110 Å². The van der Waals surface area contributed by atoms with Crippen molar-refractivity contribution in [2.75, 3.05) is 19.6 Å². The minimum atomic E-state index is -3.51. The lowest BCUT2D eigenvalue weighted by atomic mass is 10.1. The lowest BCUT2D eigenvalue weighted by Crippen LogP contribution is -2.29. The van der Waals surface area contributed by atoms with Crippen LogP contribution in [0.2, 0.25) is 0 Å². The summed E-state index contributed by atoms with van der Waals surface area (Å²) in [5, 5.41) is 1.46. The Morgan fingerprint density at radius 1 is 1.56 bits per heavy atom. The summed E-state index contributed by atoms with van der Waals surface area (Å²) in [4.78, 5) is 11.0. The average molecular weight is 289 g/mol. The van der Waals surface area contributed by atoms with E-state index in [1.807, 2.05) is 0 Å². The van der Waals surface area contributed by atoms with Gasteiger partial charge in [0.25, 0.3) is 10.0 Å². The summed E-state index contributed by atoms with van der Waals surface area (Å²) in [6, 6.07) is 1.33. The van der Waals surface area contributed by atoms with E-state index in [1.54, 1.807) is 0 Å². The molecule has 6 nitrogen and oxygen atoms in total. The number of primary amides is 1. The number of rotatable bonds is 4. The number of carbonyl (C=O) groups excluding carboxylic acids is 1. The molecule has 0 saturated carbocycles. The van der Waals surface area contributed by atoms with Crippen molar-refractivity contribution >= 4 is 27.3 Å². The Hall–Kier alpha value is -0.960. The molecule has 1 aromatic heterocycles. The molecule has 0 bridgehead atoms. The first-order valence-electron chi connectivity index (χ1n) is 5.53. The number of nitrogens with zero attached hydrogens (tertiary/aromatic N) is 1. The van der Waals surface area contributed by atoms with Crippen LogP contribution in [0.5, 0.6) is 0 Å². The molecule has 0 unspecified atom stereocenters. The van der Waals surface area contributed by atoms with Gasteiger partial charge in [0.15, 0.2) is 0 Å². The van der Waals surface area contributed by atoms with Crippen molar-refractivity contribution in [3.8, 4) is 0 Å². The van der Waals surface area contributed by atoms with E-state index in [0.29, 0.717) is 19.6 Å². The predicted octanol–water partition coefficient (Wildman–Crippen LogP) is -0.184. The molecule has 1 amide bonds. The van der Waals surface area contributed by atoms with Crippen molar-refractivity contribution in [2.45, 2.75) is 10.6 Å². The Morgan fingerprint density at radius 2 is 2.28 bits per heavy atom. The smallest absolute Gasteiger partial charge is 0.252 e. The highest BCUT2D eigenvalue weighted by Crippen LogP contribution is 2.27. The molecule has 2 rings (SSSR count). The van der Waals surface area contributed by atoms with Crippen LogP contribution in [-0.4, -0.2) is 38.3 Å². The fourth-order valence-corrected chi connectivity index (χ4v) is 4.77. The first kappa shape index (κ1) is 13.5. The van der Waals surface area contributed by atoms with Crippen LogP contribution in [0, 0.1) is 5.92 Å². The molecular formula is C10H15N3O3S2. The maximum Gasteiger partial charge on any atom is 0.252 e. The predicted molar refractivity (Wildman–Crippen MR) is 68.8 cm³/mol.